The molecule has 3 rings (SSSR count). The highest BCUT2D eigenvalue weighted by Gasteiger charge is 2.26. The van der Waals surface area contributed by atoms with Crippen LogP contribution in [0.15, 0.2) is 35.7 Å². The van der Waals surface area contributed by atoms with Gasteiger partial charge in [0.2, 0.25) is 0 Å². The summed E-state index contributed by atoms with van der Waals surface area (Å²) in [4.78, 5) is 35.6. The summed E-state index contributed by atoms with van der Waals surface area (Å²) in [5, 5.41) is 21.9. The molecule has 2 aromatic carbocycles. The Kier molecular flexibility index (Phi) is 5.61. The van der Waals surface area contributed by atoms with Gasteiger partial charge in [-0.15, -0.1) is 11.3 Å². The summed E-state index contributed by atoms with van der Waals surface area (Å²) in [7, 11) is 0. The number of carbonyl (C=O) groups is 3. The maximum absolute atomic E-state index is 14.4. The lowest BCUT2D eigenvalue weighted by molar-refractivity contribution is 0.0684. The second kappa shape index (κ2) is 7.99. The van der Waals surface area contributed by atoms with E-state index < -0.39 is 52.0 Å². The Balaban J connectivity index is 2.07. The maximum Gasteiger partial charge on any atom is 0.339 e. The quantitative estimate of drug-likeness (QED) is 0.535. The van der Waals surface area contributed by atoms with Gasteiger partial charge >= 0.3 is 11.9 Å². The van der Waals surface area contributed by atoms with Gasteiger partial charge in [0.05, 0.1) is 11.1 Å². The molecule has 1 amide bonds. The van der Waals surface area contributed by atoms with Crippen LogP contribution in [0.25, 0.3) is 11.1 Å². The van der Waals surface area contributed by atoms with E-state index in [0.717, 1.165) is 12.1 Å². The fourth-order valence-corrected chi connectivity index (χ4v) is 3.72. The summed E-state index contributed by atoms with van der Waals surface area (Å²) in [5.74, 6) is -7.33. The molecule has 0 bridgehead atoms. The predicted molar refractivity (Wildman–Crippen MR) is 103 cm³/mol. The Hall–Kier alpha value is -3.66. The highest BCUT2D eigenvalue weighted by Crippen LogP contribution is 2.38. The van der Waals surface area contributed by atoms with Crippen molar-refractivity contribution in [2.24, 2.45) is 0 Å². The Morgan fingerprint density at radius 2 is 1.60 bits per heavy atom. The first-order valence-electron chi connectivity index (χ1n) is 8.25. The Bertz CT molecular complexity index is 1210. The van der Waals surface area contributed by atoms with Crippen LogP contribution in [0.3, 0.4) is 0 Å². The molecule has 1 aromatic heterocycles. The highest BCUT2D eigenvalue weighted by molar-refractivity contribution is 7.15. The van der Waals surface area contributed by atoms with Gasteiger partial charge in [0.25, 0.3) is 5.91 Å². The van der Waals surface area contributed by atoms with E-state index in [4.69, 9.17) is 0 Å². The standard InChI is InChI=1S/C20H12F3NO5S/c1-8-2-4-10(16(23)15(8)22)13-7-30-18(14(13)20(28)29)24-17(25)12-6-9(21)3-5-11(12)19(26)27/h2-7H,1H3,(H,24,25)(H,26,27)(H,28,29). The molecule has 0 aliphatic carbocycles. The number of halogens is 3. The number of benzene rings is 2. The molecule has 3 N–H and O–H groups in total. The molecule has 30 heavy (non-hydrogen) atoms. The fraction of sp³-hybridized carbons (Fsp3) is 0.0500. The third-order valence-corrected chi connectivity index (χ3v) is 5.15. The van der Waals surface area contributed by atoms with Gasteiger partial charge in [0.15, 0.2) is 11.6 Å². The number of rotatable bonds is 5. The van der Waals surface area contributed by atoms with Gasteiger partial charge in [-0.1, -0.05) is 12.1 Å². The molecule has 0 saturated heterocycles. The number of hydrogen-bond donors (Lipinski definition) is 3. The number of nitrogens with one attached hydrogen (secondary N) is 1. The molecule has 10 heteroatoms. The second-order valence-electron chi connectivity index (χ2n) is 6.17. The number of aromatic carboxylic acids is 2. The van der Waals surface area contributed by atoms with Crippen LogP contribution in [0.1, 0.15) is 36.6 Å². The number of carbonyl (C=O) groups excluding carboxylic acids is 1. The van der Waals surface area contributed by atoms with E-state index in [-0.39, 0.29) is 21.7 Å². The van der Waals surface area contributed by atoms with Crippen molar-refractivity contribution in [1.82, 2.24) is 0 Å². The predicted octanol–water partition coefficient (Wildman–Crippen LogP) is 4.79. The van der Waals surface area contributed by atoms with Gasteiger partial charge < -0.3 is 15.5 Å². The summed E-state index contributed by atoms with van der Waals surface area (Å²) in [6, 6.07) is 4.95. The van der Waals surface area contributed by atoms with Crippen LogP contribution in [0.4, 0.5) is 18.2 Å². The minimum Gasteiger partial charge on any atom is -0.478 e. The van der Waals surface area contributed by atoms with Crippen molar-refractivity contribution in [3.63, 3.8) is 0 Å². The minimum atomic E-state index is -1.53. The number of aryl methyl sites for hydroxylation is 1. The first-order valence-corrected chi connectivity index (χ1v) is 9.13. The molecular weight excluding hydrogens is 423 g/mol. The number of thiophene rings is 1. The highest BCUT2D eigenvalue weighted by atomic mass is 32.1. The molecule has 0 aliphatic rings. The van der Waals surface area contributed by atoms with Gasteiger partial charge in [0.1, 0.15) is 16.4 Å². The summed E-state index contributed by atoms with van der Waals surface area (Å²) in [5.41, 5.74) is -1.98. The molecule has 0 atom stereocenters. The molecule has 0 saturated carbocycles. The van der Waals surface area contributed by atoms with E-state index in [1.807, 2.05) is 0 Å². The number of carboxylic acids is 2. The zero-order valence-electron chi connectivity index (χ0n) is 15.1. The number of anilines is 1. The van der Waals surface area contributed by atoms with E-state index >= 15 is 0 Å². The fourth-order valence-electron chi connectivity index (χ4n) is 2.78. The molecular formula is C20H12F3NO5S. The lowest BCUT2D eigenvalue weighted by Gasteiger charge is -2.09. The Morgan fingerprint density at radius 1 is 0.900 bits per heavy atom. The van der Waals surface area contributed by atoms with Crippen LogP contribution in [-0.4, -0.2) is 28.1 Å². The van der Waals surface area contributed by atoms with Crippen molar-refractivity contribution < 1.29 is 37.8 Å². The number of hydrogen-bond acceptors (Lipinski definition) is 4. The van der Waals surface area contributed by atoms with Crippen molar-refractivity contribution in [3.05, 3.63) is 75.4 Å². The molecule has 0 fully saturated rings. The first-order chi connectivity index (χ1) is 14.1. The van der Waals surface area contributed by atoms with E-state index in [9.17, 15) is 37.8 Å². The van der Waals surface area contributed by atoms with Crippen LogP contribution >= 0.6 is 11.3 Å². The zero-order chi connectivity index (χ0) is 22.2. The first kappa shape index (κ1) is 21.1. The zero-order valence-corrected chi connectivity index (χ0v) is 15.9. The van der Waals surface area contributed by atoms with Gasteiger partial charge in [-0.05, 0) is 30.7 Å². The third kappa shape index (κ3) is 3.77. The average Bonchev–Trinajstić information content (AvgIpc) is 3.09. The van der Waals surface area contributed by atoms with E-state index in [1.165, 1.54) is 24.4 Å². The Labute approximate surface area is 171 Å². The minimum absolute atomic E-state index is 0.0317. The van der Waals surface area contributed by atoms with Crippen LogP contribution in [0.2, 0.25) is 0 Å². The summed E-state index contributed by atoms with van der Waals surface area (Å²) >= 11 is 0.716. The van der Waals surface area contributed by atoms with Crippen LogP contribution in [0.5, 0.6) is 0 Å². The summed E-state index contributed by atoms with van der Waals surface area (Å²) in [6.45, 7) is 1.35. The van der Waals surface area contributed by atoms with Crippen molar-refractivity contribution >= 4 is 34.2 Å². The number of carboxylic acid groups (broad SMARTS) is 2. The van der Waals surface area contributed by atoms with Crippen molar-refractivity contribution in [1.29, 1.82) is 0 Å². The molecule has 154 valence electrons. The molecule has 0 radical (unpaired) electrons. The lowest BCUT2D eigenvalue weighted by Crippen LogP contribution is -2.17. The topological polar surface area (TPSA) is 104 Å². The summed E-state index contributed by atoms with van der Waals surface area (Å²) < 4.78 is 41.8. The SMILES string of the molecule is Cc1ccc(-c2csc(NC(=O)c3cc(F)ccc3C(=O)O)c2C(=O)O)c(F)c1F. The van der Waals surface area contributed by atoms with Gasteiger partial charge in [-0.2, -0.15) is 0 Å². The maximum atomic E-state index is 14.4. The van der Waals surface area contributed by atoms with Crippen molar-refractivity contribution in [2.75, 3.05) is 5.32 Å². The van der Waals surface area contributed by atoms with Crippen molar-refractivity contribution in [2.45, 2.75) is 6.92 Å². The molecule has 1 heterocycles. The third-order valence-electron chi connectivity index (χ3n) is 4.25. The second-order valence-corrected chi connectivity index (χ2v) is 7.05. The lowest BCUT2D eigenvalue weighted by atomic mass is 10.0. The monoisotopic (exact) mass is 435 g/mol. The van der Waals surface area contributed by atoms with Crippen molar-refractivity contribution in [3.8, 4) is 11.1 Å². The van der Waals surface area contributed by atoms with E-state index in [2.05, 4.69) is 5.32 Å². The van der Waals surface area contributed by atoms with Crippen LogP contribution < -0.4 is 5.32 Å². The van der Waals surface area contributed by atoms with Gasteiger partial charge in [-0.25, -0.2) is 22.8 Å². The van der Waals surface area contributed by atoms with Crippen LogP contribution in [-0.2, 0) is 0 Å². The summed E-state index contributed by atoms with van der Waals surface area (Å²) in [6.07, 6.45) is 0. The molecule has 3 aromatic rings. The molecule has 6 nitrogen and oxygen atoms in total. The number of amides is 1. The smallest absolute Gasteiger partial charge is 0.339 e. The molecule has 0 aliphatic heterocycles. The van der Waals surface area contributed by atoms with E-state index in [1.54, 1.807) is 0 Å². The van der Waals surface area contributed by atoms with Gasteiger partial charge in [-0.3, -0.25) is 4.79 Å². The van der Waals surface area contributed by atoms with E-state index in [0.29, 0.717) is 17.4 Å². The van der Waals surface area contributed by atoms with Crippen LogP contribution in [0, 0.1) is 24.4 Å². The largest absolute Gasteiger partial charge is 0.478 e. The molecule has 0 spiro atoms. The normalized spacial score (nSPS) is 10.7. The Morgan fingerprint density at radius 3 is 2.23 bits per heavy atom. The van der Waals surface area contributed by atoms with Gasteiger partial charge in [0, 0.05) is 16.5 Å². The molecule has 0 unspecified atom stereocenters. The average molecular weight is 435 g/mol.